The number of rotatable bonds is 3. The first-order valence-electron chi connectivity index (χ1n) is 5.29. The molecule has 3 heteroatoms. The molecule has 0 saturated heterocycles. The third kappa shape index (κ3) is 3.57. The van der Waals surface area contributed by atoms with Crippen molar-refractivity contribution in [2.24, 2.45) is 0 Å². The van der Waals surface area contributed by atoms with E-state index < -0.39 is 0 Å². The summed E-state index contributed by atoms with van der Waals surface area (Å²) in [6.07, 6.45) is 6.55. The van der Waals surface area contributed by atoms with Crippen molar-refractivity contribution in [3.8, 4) is 0 Å². The number of amides is 1. The number of pyridine rings is 1. The minimum absolute atomic E-state index is 0.153. The van der Waals surface area contributed by atoms with Gasteiger partial charge in [-0.15, -0.1) is 0 Å². The highest BCUT2D eigenvalue weighted by Crippen LogP contribution is 2.04. The Morgan fingerprint density at radius 3 is 2.47 bits per heavy atom. The van der Waals surface area contributed by atoms with Crippen molar-refractivity contribution in [1.29, 1.82) is 0 Å². The van der Waals surface area contributed by atoms with Crippen LogP contribution in [0, 0.1) is 0 Å². The lowest BCUT2D eigenvalue weighted by Crippen LogP contribution is -2.07. The Balaban J connectivity index is 1.96. The standard InChI is InChI=1S/C14H12N2O/c17-14(16-13-8-10-15-11-9-13)7-6-12-4-2-1-3-5-12/h1-11H,(H,15,16,17). The van der Waals surface area contributed by atoms with E-state index >= 15 is 0 Å². The van der Waals surface area contributed by atoms with Crippen LogP contribution in [-0.2, 0) is 4.79 Å². The number of carbonyl (C=O) groups is 1. The molecule has 1 heterocycles. The van der Waals surface area contributed by atoms with Gasteiger partial charge >= 0.3 is 0 Å². The molecule has 3 nitrogen and oxygen atoms in total. The molecule has 17 heavy (non-hydrogen) atoms. The van der Waals surface area contributed by atoms with E-state index in [1.807, 2.05) is 30.3 Å². The van der Waals surface area contributed by atoms with Gasteiger partial charge in [-0.25, -0.2) is 0 Å². The minimum Gasteiger partial charge on any atom is -0.322 e. The van der Waals surface area contributed by atoms with E-state index in [0.29, 0.717) is 0 Å². The Kier molecular flexibility index (Phi) is 3.65. The molecular formula is C14H12N2O. The van der Waals surface area contributed by atoms with Crippen molar-refractivity contribution in [1.82, 2.24) is 4.98 Å². The molecule has 0 unspecified atom stereocenters. The van der Waals surface area contributed by atoms with E-state index in [2.05, 4.69) is 10.3 Å². The van der Waals surface area contributed by atoms with Gasteiger partial charge in [0.2, 0.25) is 5.91 Å². The molecule has 0 saturated carbocycles. The molecule has 0 fully saturated rings. The maximum atomic E-state index is 11.6. The van der Waals surface area contributed by atoms with Crippen LogP contribution in [0.2, 0.25) is 0 Å². The van der Waals surface area contributed by atoms with E-state index in [-0.39, 0.29) is 5.91 Å². The first kappa shape index (κ1) is 11.1. The zero-order valence-corrected chi connectivity index (χ0v) is 9.21. The SMILES string of the molecule is O=C(C=Cc1ccccc1)Nc1ccncc1. The van der Waals surface area contributed by atoms with Gasteiger partial charge in [-0.2, -0.15) is 0 Å². The van der Waals surface area contributed by atoms with Crippen LogP contribution in [0.4, 0.5) is 5.69 Å². The van der Waals surface area contributed by atoms with Gasteiger partial charge in [0.05, 0.1) is 0 Å². The topological polar surface area (TPSA) is 42.0 Å². The minimum atomic E-state index is -0.153. The maximum absolute atomic E-state index is 11.6. The van der Waals surface area contributed by atoms with Gasteiger partial charge in [0.15, 0.2) is 0 Å². The van der Waals surface area contributed by atoms with Crippen LogP contribution < -0.4 is 5.32 Å². The molecule has 0 atom stereocenters. The monoisotopic (exact) mass is 224 g/mol. The van der Waals surface area contributed by atoms with Crippen LogP contribution >= 0.6 is 0 Å². The number of aromatic nitrogens is 1. The number of nitrogens with one attached hydrogen (secondary N) is 1. The van der Waals surface area contributed by atoms with E-state index in [4.69, 9.17) is 0 Å². The molecule has 0 aliphatic rings. The van der Waals surface area contributed by atoms with Gasteiger partial charge < -0.3 is 5.32 Å². The third-order valence-electron chi connectivity index (χ3n) is 2.17. The Bertz CT molecular complexity index is 506. The second-order valence-corrected chi connectivity index (χ2v) is 3.47. The summed E-state index contributed by atoms with van der Waals surface area (Å²) in [6.45, 7) is 0. The largest absolute Gasteiger partial charge is 0.322 e. The summed E-state index contributed by atoms with van der Waals surface area (Å²) in [5, 5.41) is 2.75. The molecule has 2 rings (SSSR count). The van der Waals surface area contributed by atoms with E-state index in [0.717, 1.165) is 11.3 Å². The van der Waals surface area contributed by atoms with Crippen molar-refractivity contribution in [3.05, 3.63) is 66.5 Å². The van der Waals surface area contributed by atoms with Crippen LogP contribution in [0.3, 0.4) is 0 Å². The van der Waals surface area contributed by atoms with Crippen molar-refractivity contribution in [3.63, 3.8) is 0 Å². The summed E-state index contributed by atoms with van der Waals surface area (Å²) in [7, 11) is 0. The van der Waals surface area contributed by atoms with Crippen molar-refractivity contribution >= 4 is 17.7 Å². The Hall–Kier alpha value is -2.42. The van der Waals surface area contributed by atoms with Crippen LogP contribution in [0.1, 0.15) is 5.56 Å². The zero-order chi connectivity index (χ0) is 11.9. The van der Waals surface area contributed by atoms with Gasteiger partial charge in [0, 0.05) is 24.2 Å². The molecule has 0 spiro atoms. The lowest BCUT2D eigenvalue weighted by molar-refractivity contribution is -0.111. The van der Waals surface area contributed by atoms with Crippen LogP contribution in [0.25, 0.3) is 6.08 Å². The van der Waals surface area contributed by atoms with Crippen molar-refractivity contribution in [2.75, 3.05) is 5.32 Å². The first-order valence-corrected chi connectivity index (χ1v) is 5.29. The summed E-state index contributed by atoms with van der Waals surface area (Å²) in [4.78, 5) is 15.4. The number of benzene rings is 1. The normalized spacial score (nSPS) is 10.4. The van der Waals surface area contributed by atoms with E-state index in [1.165, 1.54) is 6.08 Å². The fraction of sp³-hybridized carbons (Fsp3) is 0. The van der Waals surface area contributed by atoms with Gasteiger partial charge in [-0.3, -0.25) is 9.78 Å². The van der Waals surface area contributed by atoms with Crippen molar-refractivity contribution < 1.29 is 4.79 Å². The van der Waals surface area contributed by atoms with Crippen LogP contribution in [0.15, 0.2) is 60.9 Å². The Labute approximate surface area is 99.8 Å². The summed E-state index contributed by atoms with van der Waals surface area (Å²) in [5.41, 5.74) is 1.74. The molecule has 0 aliphatic carbocycles. The molecule has 2 aromatic rings. The van der Waals surface area contributed by atoms with Gasteiger partial charge in [-0.1, -0.05) is 30.3 Å². The zero-order valence-electron chi connectivity index (χ0n) is 9.21. The first-order chi connectivity index (χ1) is 8.34. The predicted octanol–water partition coefficient (Wildman–Crippen LogP) is 2.73. The molecule has 0 aliphatic heterocycles. The second kappa shape index (κ2) is 5.61. The summed E-state index contributed by atoms with van der Waals surface area (Å²) >= 11 is 0. The molecule has 0 radical (unpaired) electrons. The quantitative estimate of drug-likeness (QED) is 0.814. The summed E-state index contributed by atoms with van der Waals surface area (Å²) in [5.74, 6) is -0.153. The molecule has 1 aromatic carbocycles. The number of hydrogen-bond donors (Lipinski definition) is 1. The molecule has 1 amide bonds. The van der Waals surface area contributed by atoms with Gasteiger partial charge in [-0.05, 0) is 23.8 Å². The Morgan fingerprint density at radius 2 is 1.76 bits per heavy atom. The van der Waals surface area contributed by atoms with E-state index in [9.17, 15) is 4.79 Å². The Morgan fingerprint density at radius 1 is 1.06 bits per heavy atom. The predicted molar refractivity (Wildman–Crippen MR) is 68.3 cm³/mol. The van der Waals surface area contributed by atoms with Gasteiger partial charge in [0.1, 0.15) is 0 Å². The molecule has 0 bridgehead atoms. The highest BCUT2D eigenvalue weighted by molar-refractivity contribution is 6.01. The number of carbonyl (C=O) groups excluding carboxylic acids is 1. The molecule has 1 N–H and O–H groups in total. The van der Waals surface area contributed by atoms with Crippen LogP contribution in [-0.4, -0.2) is 10.9 Å². The third-order valence-corrected chi connectivity index (χ3v) is 2.17. The molecule has 84 valence electrons. The average molecular weight is 224 g/mol. The lowest BCUT2D eigenvalue weighted by atomic mass is 10.2. The number of anilines is 1. The highest BCUT2D eigenvalue weighted by Gasteiger charge is 1.96. The van der Waals surface area contributed by atoms with Crippen molar-refractivity contribution in [2.45, 2.75) is 0 Å². The summed E-state index contributed by atoms with van der Waals surface area (Å²) < 4.78 is 0. The number of nitrogens with zero attached hydrogens (tertiary/aromatic N) is 1. The van der Waals surface area contributed by atoms with Crippen LogP contribution in [0.5, 0.6) is 0 Å². The summed E-state index contributed by atoms with van der Waals surface area (Å²) in [6, 6.07) is 13.2. The second-order valence-electron chi connectivity index (χ2n) is 3.47. The molecule has 1 aromatic heterocycles. The maximum Gasteiger partial charge on any atom is 0.248 e. The highest BCUT2D eigenvalue weighted by atomic mass is 16.1. The lowest BCUT2D eigenvalue weighted by Gasteiger charge is -2.00. The van der Waals surface area contributed by atoms with E-state index in [1.54, 1.807) is 30.6 Å². The average Bonchev–Trinajstić information content (AvgIpc) is 2.39. The van der Waals surface area contributed by atoms with Gasteiger partial charge in [0.25, 0.3) is 0 Å². The smallest absolute Gasteiger partial charge is 0.248 e. The molecular weight excluding hydrogens is 212 g/mol. The fourth-order valence-corrected chi connectivity index (χ4v) is 1.36. The fourth-order valence-electron chi connectivity index (χ4n) is 1.36. The number of hydrogen-bond acceptors (Lipinski definition) is 2.